The molecule has 0 aliphatic carbocycles. The fourth-order valence-corrected chi connectivity index (χ4v) is 3.57. The van der Waals surface area contributed by atoms with Gasteiger partial charge in [-0.1, -0.05) is 36.4 Å². The van der Waals surface area contributed by atoms with Crippen LogP contribution in [0.3, 0.4) is 0 Å². The molecule has 0 saturated carbocycles. The van der Waals surface area contributed by atoms with Crippen molar-refractivity contribution in [1.29, 1.82) is 0 Å². The highest BCUT2D eigenvalue weighted by molar-refractivity contribution is 5.90. The minimum absolute atomic E-state index is 0.0351. The van der Waals surface area contributed by atoms with Crippen molar-refractivity contribution < 1.29 is 4.79 Å². The quantitative estimate of drug-likeness (QED) is 0.752. The third-order valence-electron chi connectivity index (χ3n) is 5.20. The fraction of sp³-hybridized carbons (Fsp3) is 0.333. The highest BCUT2D eigenvalue weighted by atomic mass is 16.2. The van der Waals surface area contributed by atoms with E-state index in [4.69, 9.17) is 0 Å². The molecule has 7 heteroatoms. The van der Waals surface area contributed by atoms with Crippen LogP contribution < -0.4 is 5.32 Å². The number of hydrogen-bond acceptors (Lipinski definition) is 4. The number of urea groups is 1. The lowest BCUT2D eigenvalue weighted by Crippen LogP contribution is -2.41. The first-order valence-electron chi connectivity index (χ1n) is 9.71. The lowest BCUT2D eigenvalue weighted by Gasteiger charge is -2.32. The molecule has 1 aliphatic heterocycles. The summed E-state index contributed by atoms with van der Waals surface area (Å²) in [4.78, 5) is 18.8. The van der Waals surface area contributed by atoms with Crippen LogP contribution in [0.5, 0.6) is 0 Å². The van der Waals surface area contributed by atoms with Crippen LogP contribution in [0.4, 0.5) is 10.5 Å². The Labute approximate surface area is 164 Å². The number of carbonyl (C=O) groups excluding carboxylic acids is 1. The monoisotopic (exact) mass is 376 g/mol. The number of aryl methyl sites for hydroxylation is 1. The van der Waals surface area contributed by atoms with Gasteiger partial charge >= 0.3 is 6.03 Å². The van der Waals surface area contributed by atoms with Gasteiger partial charge in [-0.15, -0.1) is 5.10 Å². The van der Waals surface area contributed by atoms with E-state index in [1.165, 1.54) is 0 Å². The van der Waals surface area contributed by atoms with Crippen molar-refractivity contribution in [2.24, 2.45) is 0 Å². The van der Waals surface area contributed by atoms with Crippen molar-refractivity contribution in [3.8, 4) is 11.4 Å². The Morgan fingerprint density at radius 2 is 1.89 bits per heavy atom. The molecule has 0 radical (unpaired) electrons. The van der Waals surface area contributed by atoms with E-state index in [9.17, 15) is 4.79 Å². The molecule has 28 heavy (non-hydrogen) atoms. The van der Waals surface area contributed by atoms with Crippen molar-refractivity contribution in [2.45, 2.75) is 32.2 Å². The minimum Gasteiger partial charge on any atom is -0.324 e. The molecular weight excluding hydrogens is 352 g/mol. The van der Waals surface area contributed by atoms with Crippen LogP contribution in [0, 0.1) is 0 Å². The first-order valence-corrected chi connectivity index (χ1v) is 9.71. The molecule has 0 spiro atoms. The number of pyridine rings is 1. The molecule has 0 bridgehead atoms. The van der Waals surface area contributed by atoms with Gasteiger partial charge in [0.25, 0.3) is 0 Å². The number of para-hydroxylation sites is 1. The molecule has 1 aliphatic rings. The first-order chi connectivity index (χ1) is 13.7. The van der Waals surface area contributed by atoms with Crippen LogP contribution in [0.1, 0.15) is 31.4 Å². The van der Waals surface area contributed by atoms with E-state index in [-0.39, 0.29) is 12.1 Å². The van der Waals surface area contributed by atoms with Gasteiger partial charge in [0, 0.05) is 25.0 Å². The maximum Gasteiger partial charge on any atom is 0.321 e. The molecule has 0 atom stereocenters. The van der Waals surface area contributed by atoms with Crippen molar-refractivity contribution in [3.63, 3.8) is 0 Å². The Morgan fingerprint density at radius 1 is 1.11 bits per heavy atom. The van der Waals surface area contributed by atoms with Crippen molar-refractivity contribution in [1.82, 2.24) is 24.9 Å². The molecule has 1 N–H and O–H groups in total. The summed E-state index contributed by atoms with van der Waals surface area (Å²) in [5.41, 5.74) is 3.64. The molecule has 144 valence electrons. The standard InChI is InChI=1S/C21H24N6O/c1-2-16-7-3-4-8-18(16)23-21(28)26-13-10-17(11-14-26)27-15-20(24-25-27)19-9-5-6-12-22-19/h3-9,12,15,17H,2,10-11,13-14H2,1H3,(H,23,28). The van der Waals surface area contributed by atoms with Gasteiger partial charge in [-0.2, -0.15) is 0 Å². The predicted molar refractivity (Wildman–Crippen MR) is 108 cm³/mol. The molecule has 4 rings (SSSR count). The average Bonchev–Trinajstić information content (AvgIpc) is 3.25. The van der Waals surface area contributed by atoms with Crippen LogP contribution in [-0.2, 0) is 6.42 Å². The van der Waals surface area contributed by atoms with Crippen LogP contribution in [-0.4, -0.2) is 44.0 Å². The van der Waals surface area contributed by atoms with Crippen LogP contribution in [0.15, 0.2) is 54.9 Å². The molecule has 7 nitrogen and oxygen atoms in total. The highest BCUT2D eigenvalue weighted by Crippen LogP contribution is 2.24. The lowest BCUT2D eigenvalue weighted by atomic mass is 10.1. The van der Waals surface area contributed by atoms with Gasteiger partial charge in [0.05, 0.1) is 17.9 Å². The largest absolute Gasteiger partial charge is 0.324 e. The van der Waals surface area contributed by atoms with Gasteiger partial charge < -0.3 is 10.2 Å². The Balaban J connectivity index is 1.36. The summed E-state index contributed by atoms with van der Waals surface area (Å²) < 4.78 is 1.91. The van der Waals surface area contributed by atoms with E-state index in [1.807, 2.05) is 58.2 Å². The molecule has 0 unspecified atom stereocenters. The molecule has 1 aromatic carbocycles. The van der Waals surface area contributed by atoms with Gasteiger partial charge in [-0.3, -0.25) is 4.98 Å². The smallest absolute Gasteiger partial charge is 0.321 e. The van der Waals surface area contributed by atoms with Crippen LogP contribution >= 0.6 is 0 Å². The Bertz CT molecular complexity index is 931. The first kappa shape index (κ1) is 18.2. The second kappa shape index (κ2) is 8.21. The van der Waals surface area contributed by atoms with Crippen LogP contribution in [0.2, 0.25) is 0 Å². The average molecular weight is 376 g/mol. The predicted octanol–water partition coefficient (Wildman–Crippen LogP) is 3.77. The number of likely N-dealkylation sites (tertiary alicyclic amines) is 1. The maximum atomic E-state index is 12.6. The number of nitrogens with zero attached hydrogens (tertiary/aromatic N) is 5. The van der Waals surface area contributed by atoms with Crippen molar-refractivity contribution in [2.75, 3.05) is 18.4 Å². The number of benzene rings is 1. The van der Waals surface area contributed by atoms with Gasteiger partial charge in [0.1, 0.15) is 5.69 Å². The molecule has 1 saturated heterocycles. The van der Waals surface area contributed by atoms with Gasteiger partial charge in [0.2, 0.25) is 0 Å². The van der Waals surface area contributed by atoms with E-state index < -0.39 is 0 Å². The van der Waals surface area contributed by atoms with E-state index in [1.54, 1.807) is 6.20 Å². The number of anilines is 1. The zero-order chi connectivity index (χ0) is 19.3. The molecule has 2 amide bonds. The number of nitrogens with one attached hydrogen (secondary N) is 1. The molecular formula is C21H24N6O. The Kier molecular flexibility index (Phi) is 5.32. The summed E-state index contributed by atoms with van der Waals surface area (Å²) in [6.07, 6.45) is 6.30. The van der Waals surface area contributed by atoms with E-state index >= 15 is 0 Å². The summed E-state index contributed by atoms with van der Waals surface area (Å²) in [5, 5.41) is 11.6. The number of rotatable bonds is 4. The fourth-order valence-electron chi connectivity index (χ4n) is 3.57. The number of hydrogen-bond donors (Lipinski definition) is 1. The summed E-state index contributed by atoms with van der Waals surface area (Å²) in [6.45, 7) is 3.49. The SMILES string of the molecule is CCc1ccccc1NC(=O)N1CCC(n2cc(-c3ccccn3)nn2)CC1. The van der Waals surface area contributed by atoms with Crippen molar-refractivity contribution in [3.05, 3.63) is 60.4 Å². The zero-order valence-electron chi connectivity index (χ0n) is 16.0. The minimum atomic E-state index is -0.0351. The summed E-state index contributed by atoms with van der Waals surface area (Å²) in [7, 11) is 0. The summed E-state index contributed by atoms with van der Waals surface area (Å²) in [5.74, 6) is 0. The molecule has 3 heterocycles. The van der Waals surface area contributed by atoms with Gasteiger partial charge in [0.15, 0.2) is 0 Å². The molecule has 2 aromatic heterocycles. The zero-order valence-corrected chi connectivity index (χ0v) is 16.0. The second-order valence-electron chi connectivity index (χ2n) is 6.96. The second-order valence-corrected chi connectivity index (χ2v) is 6.96. The topological polar surface area (TPSA) is 75.9 Å². The maximum absolute atomic E-state index is 12.6. The third-order valence-corrected chi connectivity index (χ3v) is 5.20. The molecule has 3 aromatic rings. The van der Waals surface area contributed by atoms with E-state index in [0.29, 0.717) is 13.1 Å². The Morgan fingerprint density at radius 3 is 2.64 bits per heavy atom. The van der Waals surface area contributed by atoms with E-state index in [2.05, 4.69) is 27.5 Å². The third kappa shape index (κ3) is 3.88. The number of amides is 2. The Hall–Kier alpha value is -3.22. The number of carbonyl (C=O) groups is 1. The summed E-state index contributed by atoms with van der Waals surface area (Å²) >= 11 is 0. The summed E-state index contributed by atoms with van der Waals surface area (Å²) in [6, 6.07) is 13.9. The van der Waals surface area contributed by atoms with E-state index in [0.717, 1.165) is 41.9 Å². The number of aromatic nitrogens is 4. The lowest BCUT2D eigenvalue weighted by molar-refractivity contribution is 0.179. The number of piperidine rings is 1. The van der Waals surface area contributed by atoms with Crippen molar-refractivity contribution >= 4 is 11.7 Å². The normalized spacial score (nSPS) is 14.8. The highest BCUT2D eigenvalue weighted by Gasteiger charge is 2.25. The molecule has 1 fully saturated rings. The van der Waals surface area contributed by atoms with Gasteiger partial charge in [-0.05, 0) is 43.0 Å². The van der Waals surface area contributed by atoms with Crippen LogP contribution in [0.25, 0.3) is 11.4 Å². The van der Waals surface area contributed by atoms with Gasteiger partial charge in [-0.25, -0.2) is 9.48 Å².